The standard InChI is InChI=1S/C22H20F8N4O/c23-14-3-6-17(16(24)11-14)34-18(12-19(32-34)20(35,21(25,26)27)22(28,29)30)13-1-4-15(5-2-13)33-9-7-31-8-10-33/h1-6,11,18,31,35H,7-10,12H2. The average Bonchev–Trinajstić information content (AvgIpc) is 3.23. The molecule has 0 bridgehead atoms. The number of aliphatic hydroxyl groups is 1. The smallest absolute Gasteiger partial charge is 0.369 e. The fourth-order valence-electron chi connectivity index (χ4n) is 4.20. The largest absolute Gasteiger partial charge is 0.431 e. The first-order valence-corrected chi connectivity index (χ1v) is 10.6. The minimum Gasteiger partial charge on any atom is -0.369 e. The van der Waals surface area contributed by atoms with Crippen molar-refractivity contribution < 1.29 is 40.2 Å². The predicted molar refractivity (Wildman–Crippen MR) is 112 cm³/mol. The van der Waals surface area contributed by atoms with Gasteiger partial charge in [-0.1, -0.05) is 12.1 Å². The molecule has 35 heavy (non-hydrogen) atoms. The Morgan fingerprint density at radius 1 is 0.886 bits per heavy atom. The van der Waals surface area contributed by atoms with Crippen LogP contribution in [-0.4, -0.2) is 55.0 Å². The molecule has 2 aromatic carbocycles. The second-order valence-corrected chi connectivity index (χ2v) is 8.24. The van der Waals surface area contributed by atoms with Crippen LogP contribution in [0.3, 0.4) is 0 Å². The van der Waals surface area contributed by atoms with E-state index in [2.05, 4.69) is 10.4 Å². The summed E-state index contributed by atoms with van der Waals surface area (Å²) in [5.41, 5.74) is -6.40. The topological polar surface area (TPSA) is 51.1 Å². The maximum atomic E-state index is 14.5. The molecule has 4 rings (SSSR count). The van der Waals surface area contributed by atoms with E-state index in [1.54, 1.807) is 12.1 Å². The van der Waals surface area contributed by atoms with E-state index in [9.17, 15) is 40.2 Å². The summed E-state index contributed by atoms with van der Waals surface area (Å²) in [6, 6.07) is 7.07. The molecule has 1 fully saturated rings. The third-order valence-electron chi connectivity index (χ3n) is 6.07. The van der Waals surface area contributed by atoms with Crippen molar-refractivity contribution in [2.75, 3.05) is 36.1 Å². The van der Waals surface area contributed by atoms with Gasteiger partial charge >= 0.3 is 12.4 Å². The van der Waals surface area contributed by atoms with E-state index in [0.717, 1.165) is 30.9 Å². The molecule has 5 nitrogen and oxygen atoms in total. The molecule has 190 valence electrons. The van der Waals surface area contributed by atoms with Gasteiger partial charge in [0, 0.05) is 44.4 Å². The normalized spacial score (nSPS) is 19.8. The zero-order valence-corrected chi connectivity index (χ0v) is 18.0. The molecule has 0 amide bonds. The van der Waals surface area contributed by atoms with Crippen LogP contribution in [0.4, 0.5) is 46.5 Å². The highest BCUT2D eigenvalue weighted by Crippen LogP contribution is 2.49. The summed E-state index contributed by atoms with van der Waals surface area (Å²) in [5, 5.41) is 17.1. The number of nitrogens with one attached hydrogen (secondary N) is 1. The molecular weight excluding hydrogens is 488 g/mol. The summed E-state index contributed by atoms with van der Waals surface area (Å²) in [5.74, 6) is -2.23. The number of alkyl halides is 6. The molecule has 13 heteroatoms. The fraction of sp³-hybridized carbons (Fsp3) is 0.409. The van der Waals surface area contributed by atoms with E-state index >= 15 is 0 Å². The Labute approximate surface area is 194 Å². The summed E-state index contributed by atoms with van der Waals surface area (Å²) in [6.45, 7) is 2.89. The van der Waals surface area contributed by atoms with Crippen molar-refractivity contribution in [2.45, 2.75) is 30.4 Å². The van der Waals surface area contributed by atoms with Gasteiger partial charge in [0.25, 0.3) is 5.60 Å². The Morgan fingerprint density at radius 2 is 1.49 bits per heavy atom. The van der Waals surface area contributed by atoms with Gasteiger partial charge in [0.15, 0.2) is 5.82 Å². The Kier molecular flexibility index (Phi) is 6.43. The van der Waals surface area contributed by atoms with Crippen LogP contribution in [0.15, 0.2) is 47.6 Å². The average molecular weight is 508 g/mol. The molecule has 1 unspecified atom stereocenters. The van der Waals surface area contributed by atoms with Crippen LogP contribution in [0.5, 0.6) is 0 Å². The molecule has 0 spiro atoms. The van der Waals surface area contributed by atoms with Gasteiger partial charge in [-0.3, -0.25) is 5.01 Å². The van der Waals surface area contributed by atoms with Crippen LogP contribution in [0.2, 0.25) is 0 Å². The Hall–Kier alpha value is -2.93. The summed E-state index contributed by atoms with van der Waals surface area (Å²) >= 11 is 0. The van der Waals surface area contributed by atoms with Crippen LogP contribution >= 0.6 is 0 Å². The van der Waals surface area contributed by atoms with Crippen molar-refractivity contribution in [2.24, 2.45) is 5.10 Å². The monoisotopic (exact) mass is 508 g/mol. The van der Waals surface area contributed by atoms with Crippen molar-refractivity contribution in [3.05, 3.63) is 59.7 Å². The first-order chi connectivity index (χ1) is 16.3. The van der Waals surface area contributed by atoms with Crippen LogP contribution in [-0.2, 0) is 0 Å². The summed E-state index contributed by atoms with van der Waals surface area (Å²) in [7, 11) is 0. The van der Waals surface area contributed by atoms with E-state index in [1.165, 1.54) is 12.1 Å². The van der Waals surface area contributed by atoms with Gasteiger partial charge in [-0.2, -0.15) is 31.4 Å². The molecule has 2 heterocycles. The molecule has 2 aliphatic heterocycles. The van der Waals surface area contributed by atoms with Gasteiger partial charge < -0.3 is 15.3 Å². The number of piperazine rings is 1. The van der Waals surface area contributed by atoms with Crippen molar-refractivity contribution in [3.63, 3.8) is 0 Å². The molecule has 2 N–H and O–H groups in total. The Bertz CT molecular complexity index is 1080. The number of hydrazone groups is 1. The van der Waals surface area contributed by atoms with E-state index in [0.29, 0.717) is 24.2 Å². The maximum Gasteiger partial charge on any atom is 0.431 e. The van der Waals surface area contributed by atoms with E-state index in [1.807, 2.05) is 4.90 Å². The van der Waals surface area contributed by atoms with Gasteiger partial charge in [0.1, 0.15) is 5.82 Å². The number of hydrogen-bond donors (Lipinski definition) is 2. The zero-order valence-electron chi connectivity index (χ0n) is 18.0. The number of hydrogen-bond acceptors (Lipinski definition) is 5. The van der Waals surface area contributed by atoms with Gasteiger partial charge in [-0.15, -0.1) is 0 Å². The number of benzene rings is 2. The van der Waals surface area contributed by atoms with Crippen LogP contribution in [0.1, 0.15) is 18.0 Å². The maximum absolute atomic E-state index is 14.5. The van der Waals surface area contributed by atoms with Crippen LogP contribution in [0, 0.1) is 11.6 Å². The zero-order chi connectivity index (χ0) is 25.6. The quantitative estimate of drug-likeness (QED) is 0.596. The summed E-state index contributed by atoms with van der Waals surface area (Å²) in [6.07, 6.45) is -13.3. The Morgan fingerprint density at radius 3 is 2.03 bits per heavy atom. The van der Waals surface area contributed by atoms with Crippen molar-refractivity contribution in [1.82, 2.24) is 5.32 Å². The predicted octanol–water partition coefficient (Wildman–Crippen LogP) is 4.54. The Balaban J connectivity index is 1.76. The SMILES string of the molecule is OC(C1=NN(c2ccc(F)cc2F)C(c2ccc(N3CCNCC3)cc2)C1)(C(F)(F)F)C(F)(F)F. The number of halogens is 8. The van der Waals surface area contributed by atoms with Crippen molar-refractivity contribution >= 4 is 17.1 Å². The lowest BCUT2D eigenvalue weighted by molar-refractivity contribution is -0.338. The highest BCUT2D eigenvalue weighted by atomic mass is 19.4. The lowest BCUT2D eigenvalue weighted by Gasteiger charge is -2.32. The van der Waals surface area contributed by atoms with Gasteiger partial charge in [0.2, 0.25) is 0 Å². The number of anilines is 2. The first kappa shape index (κ1) is 25.2. The third-order valence-corrected chi connectivity index (χ3v) is 6.07. The molecular formula is C22H20F8N4O. The van der Waals surface area contributed by atoms with Gasteiger partial charge in [0.05, 0.1) is 17.4 Å². The summed E-state index contributed by atoms with van der Waals surface area (Å²) in [4.78, 5) is 2.04. The molecule has 0 radical (unpaired) electrons. The summed E-state index contributed by atoms with van der Waals surface area (Å²) < 4.78 is 109. The molecule has 2 aliphatic rings. The van der Waals surface area contributed by atoms with Crippen LogP contribution in [0.25, 0.3) is 0 Å². The van der Waals surface area contributed by atoms with Crippen molar-refractivity contribution in [3.8, 4) is 0 Å². The second kappa shape index (κ2) is 8.94. The highest BCUT2D eigenvalue weighted by molar-refractivity contribution is 5.97. The fourth-order valence-corrected chi connectivity index (χ4v) is 4.20. The molecule has 1 atom stereocenters. The first-order valence-electron chi connectivity index (χ1n) is 10.6. The molecule has 2 aromatic rings. The van der Waals surface area contributed by atoms with E-state index in [4.69, 9.17) is 0 Å². The number of rotatable bonds is 4. The minimum atomic E-state index is -6.14. The third kappa shape index (κ3) is 4.54. The lowest BCUT2D eigenvalue weighted by Crippen LogP contribution is -2.62. The molecule has 1 saturated heterocycles. The van der Waals surface area contributed by atoms with E-state index in [-0.39, 0.29) is 5.56 Å². The molecule has 0 saturated carbocycles. The van der Waals surface area contributed by atoms with Gasteiger partial charge in [-0.25, -0.2) is 8.78 Å². The van der Waals surface area contributed by atoms with Gasteiger partial charge in [-0.05, 0) is 29.8 Å². The molecule has 0 aromatic heterocycles. The number of nitrogens with zero attached hydrogens (tertiary/aromatic N) is 3. The molecule has 0 aliphatic carbocycles. The highest BCUT2D eigenvalue weighted by Gasteiger charge is 2.74. The minimum absolute atomic E-state index is 0.234. The van der Waals surface area contributed by atoms with Crippen molar-refractivity contribution in [1.29, 1.82) is 0 Å². The van der Waals surface area contributed by atoms with E-state index < -0.39 is 53.4 Å². The second-order valence-electron chi connectivity index (χ2n) is 8.24. The lowest BCUT2D eigenvalue weighted by atomic mass is 9.90. The van der Waals surface area contributed by atoms with Crippen LogP contribution < -0.4 is 15.2 Å².